The summed E-state index contributed by atoms with van der Waals surface area (Å²) in [4.78, 5) is 13.5. The van der Waals surface area contributed by atoms with E-state index in [4.69, 9.17) is 9.84 Å². The summed E-state index contributed by atoms with van der Waals surface area (Å²) >= 11 is 0. The zero-order chi connectivity index (χ0) is 33.3. The number of benzene rings is 4. The van der Waals surface area contributed by atoms with Crippen LogP contribution in [-0.2, 0) is 25.7 Å². The number of hydrogen-bond acceptors (Lipinski definition) is 6. The molecule has 1 N–H and O–H groups in total. The summed E-state index contributed by atoms with van der Waals surface area (Å²) in [5.74, 6) is 0.624. The quantitative estimate of drug-likeness (QED) is 0.122. The third-order valence-corrected chi connectivity index (χ3v) is 10.9. The van der Waals surface area contributed by atoms with Crippen molar-refractivity contribution in [1.82, 2.24) is 4.58 Å². The van der Waals surface area contributed by atoms with Gasteiger partial charge in [0.05, 0.1) is 32.2 Å². The highest BCUT2D eigenvalue weighted by Gasteiger charge is 2.45. The fourth-order valence-corrected chi connectivity index (χ4v) is 8.83. The van der Waals surface area contributed by atoms with Crippen molar-refractivity contribution in [1.29, 1.82) is 0 Å². The molecule has 0 fully saturated rings. The predicted octanol–water partition coefficient (Wildman–Crippen LogP) is 5.39. The van der Waals surface area contributed by atoms with E-state index in [1.165, 1.54) is 16.6 Å². The van der Waals surface area contributed by atoms with E-state index in [9.17, 15) is 17.8 Å². The van der Waals surface area contributed by atoms with Gasteiger partial charge in [-0.15, -0.1) is 0 Å². The lowest BCUT2D eigenvalue weighted by atomic mass is 9.81. The molecule has 0 saturated heterocycles. The van der Waals surface area contributed by atoms with Crippen molar-refractivity contribution in [2.45, 2.75) is 70.6 Å². The van der Waals surface area contributed by atoms with Gasteiger partial charge in [-0.2, -0.15) is 0 Å². The van der Waals surface area contributed by atoms with Crippen molar-refractivity contribution >= 4 is 49.4 Å². The number of carboxylic acids is 1. The maximum Gasteiger partial charge on any atom is 0.303 e. The Morgan fingerprint density at radius 2 is 1.57 bits per heavy atom. The molecule has 7 rings (SSSR count). The van der Waals surface area contributed by atoms with E-state index in [1.54, 1.807) is 0 Å². The number of rotatable bonds is 10. The molecule has 0 bridgehead atoms. The number of fused-ring (bicyclic) bond motifs is 12. The topological polar surface area (TPSA) is 110 Å². The van der Waals surface area contributed by atoms with Gasteiger partial charge in [-0.25, -0.2) is 13.0 Å². The van der Waals surface area contributed by atoms with Gasteiger partial charge in [0.25, 0.3) is 0 Å². The molecule has 0 spiro atoms. The molecule has 0 atom stereocenters. The molecule has 3 aliphatic heterocycles. The molecule has 246 valence electrons. The van der Waals surface area contributed by atoms with Crippen LogP contribution >= 0.6 is 0 Å². The number of anilines is 1. The fraction of sp³-hybridized carbons (Fsp3) is 0.421. The van der Waals surface area contributed by atoms with Crippen molar-refractivity contribution in [3.63, 3.8) is 0 Å². The Morgan fingerprint density at radius 1 is 0.894 bits per heavy atom. The maximum atomic E-state index is 11.4. The zero-order valence-electron chi connectivity index (χ0n) is 27.6. The first kappa shape index (κ1) is 31.6. The summed E-state index contributed by atoms with van der Waals surface area (Å²) in [6, 6.07) is 16.9. The maximum absolute atomic E-state index is 11.4. The van der Waals surface area contributed by atoms with Gasteiger partial charge in [0.15, 0.2) is 6.54 Å². The lowest BCUT2D eigenvalue weighted by Crippen LogP contribution is -2.31. The van der Waals surface area contributed by atoms with Crippen molar-refractivity contribution < 1.29 is 27.6 Å². The smallest absolute Gasteiger partial charge is 0.303 e. The van der Waals surface area contributed by atoms with Crippen LogP contribution in [0.4, 0.5) is 5.69 Å². The Labute approximate surface area is 275 Å². The molecular weight excluding hydrogens is 612 g/mol. The molecule has 0 amide bonds. The minimum atomic E-state index is -4.30. The number of hydrogen-bond donors (Lipinski definition) is 1. The van der Waals surface area contributed by atoms with Crippen molar-refractivity contribution in [2.24, 2.45) is 0 Å². The van der Waals surface area contributed by atoms with Crippen LogP contribution in [0.1, 0.15) is 76.5 Å². The van der Waals surface area contributed by atoms with Crippen LogP contribution in [-0.4, -0.2) is 56.0 Å². The fourth-order valence-electron chi connectivity index (χ4n) is 8.35. The lowest BCUT2D eigenvalue weighted by Gasteiger charge is -2.28. The Hall–Kier alpha value is -3.95. The highest BCUT2D eigenvalue weighted by atomic mass is 32.2. The number of carbonyl (C=O) groups is 1. The third-order valence-electron chi connectivity index (χ3n) is 10.2. The molecule has 0 aromatic heterocycles. The molecule has 0 saturated carbocycles. The van der Waals surface area contributed by atoms with Gasteiger partial charge in [-0.3, -0.25) is 4.79 Å². The van der Waals surface area contributed by atoms with E-state index < -0.39 is 16.1 Å². The van der Waals surface area contributed by atoms with Crippen LogP contribution in [0.15, 0.2) is 48.5 Å². The third kappa shape index (κ3) is 5.47. The summed E-state index contributed by atoms with van der Waals surface area (Å²) in [7, 11) is -4.30. The monoisotopic (exact) mass is 654 g/mol. The van der Waals surface area contributed by atoms with Gasteiger partial charge < -0.3 is 19.3 Å². The average Bonchev–Trinajstić information content (AvgIpc) is 3.44. The summed E-state index contributed by atoms with van der Waals surface area (Å²) in [5, 5.41) is 15.7. The van der Waals surface area contributed by atoms with E-state index in [2.05, 4.69) is 79.6 Å². The van der Waals surface area contributed by atoms with Gasteiger partial charge in [-0.1, -0.05) is 62.7 Å². The summed E-state index contributed by atoms with van der Waals surface area (Å²) < 4.78 is 43.9. The molecule has 4 aromatic rings. The normalized spacial score (nSPS) is 17.2. The van der Waals surface area contributed by atoms with Crippen LogP contribution in [0.2, 0.25) is 0 Å². The van der Waals surface area contributed by atoms with Gasteiger partial charge in [0.1, 0.15) is 18.0 Å². The largest absolute Gasteiger partial charge is 0.748 e. The summed E-state index contributed by atoms with van der Waals surface area (Å²) in [5.41, 5.74) is 4.13. The van der Waals surface area contributed by atoms with Crippen LogP contribution in [0.25, 0.3) is 27.6 Å². The van der Waals surface area contributed by atoms with Crippen LogP contribution < -0.4 is 24.8 Å². The molecule has 9 heteroatoms. The molecular formula is C38H42N2O6S. The molecule has 47 heavy (non-hydrogen) atoms. The number of ether oxygens (including phenoxy) is 1. The highest BCUT2D eigenvalue weighted by Crippen LogP contribution is 2.54. The van der Waals surface area contributed by atoms with E-state index in [0.29, 0.717) is 19.5 Å². The first-order valence-corrected chi connectivity index (χ1v) is 18.2. The molecule has 0 unspecified atom stereocenters. The highest BCUT2D eigenvalue weighted by molar-refractivity contribution is 7.85. The van der Waals surface area contributed by atoms with Crippen molar-refractivity contribution in [2.75, 3.05) is 36.8 Å². The van der Waals surface area contributed by atoms with Crippen molar-refractivity contribution in [3.05, 3.63) is 75.8 Å². The predicted molar refractivity (Wildman–Crippen MR) is 185 cm³/mol. The molecule has 0 radical (unpaired) electrons. The first-order valence-electron chi connectivity index (χ1n) is 16.6. The number of nitrogens with zero attached hydrogens (tertiary/aromatic N) is 2. The summed E-state index contributed by atoms with van der Waals surface area (Å²) in [6.07, 6.45) is 5.24. The number of aliphatic carboxylic acids is 1. The van der Waals surface area contributed by atoms with E-state index in [0.717, 1.165) is 75.3 Å². The average molecular weight is 655 g/mol. The Kier molecular flexibility index (Phi) is 7.63. The number of unbranched alkanes of at least 4 members (excludes halogenated alkanes) is 2. The number of carboxylic acid groups (broad SMARTS) is 1. The minimum Gasteiger partial charge on any atom is -0.748 e. The van der Waals surface area contributed by atoms with Gasteiger partial charge >= 0.3 is 5.97 Å². The Morgan fingerprint density at radius 3 is 2.28 bits per heavy atom. The minimum absolute atomic E-state index is 0.193. The van der Waals surface area contributed by atoms with Gasteiger partial charge in [0, 0.05) is 58.8 Å². The molecule has 0 aliphatic carbocycles. The van der Waals surface area contributed by atoms with E-state index >= 15 is 0 Å². The molecule has 3 heterocycles. The zero-order valence-corrected chi connectivity index (χ0v) is 28.4. The summed E-state index contributed by atoms with van der Waals surface area (Å²) in [6.45, 7) is 11.8. The van der Waals surface area contributed by atoms with Crippen LogP contribution in [0, 0.1) is 0 Å². The standard InChI is InChI=1S/C38H42N2O6S/c1-37(2)22-39(18-11-5-6-17-30(41)42)33-26-15-9-7-13-24(26)28-21-29-25-14-8-10-16-27(25)34-32(36(29)46-35(28)31(33)37)38(3,4)23-40(34)19-12-20-47(43,44)45/h7-10,13-16,21H,5-6,11-12,17-20,22-23H2,1-4H3,(H-,41,42,43,44,45). The second-order valence-electron chi connectivity index (χ2n) is 14.7. The van der Waals surface area contributed by atoms with Gasteiger partial charge in [-0.05, 0) is 49.6 Å². The van der Waals surface area contributed by atoms with Crippen LogP contribution in [0.5, 0.6) is 11.5 Å². The van der Waals surface area contributed by atoms with E-state index in [-0.39, 0.29) is 29.4 Å². The van der Waals surface area contributed by atoms with Crippen molar-refractivity contribution in [3.8, 4) is 11.5 Å². The van der Waals surface area contributed by atoms with Crippen LogP contribution in [0.3, 0.4) is 0 Å². The molecule has 8 nitrogen and oxygen atoms in total. The Balaban J connectivity index is 1.44. The second kappa shape index (κ2) is 11.3. The molecule has 4 aromatic carbocycles. The Bertz CT molecular complexity index is 2200. The lowest BCUT2D eigenvalue weighted by molar-refractivity contribution is -0.137. The first-order chi connectivity index (χ1) is 22.3. The van der Waals surface area contributed by atoms with Gasteiger partial charge in [0.2, 0.25) is 5.36 Å². The molecule has 3 aliphatic rings. The van der Waals surface area contributed by atoms with E-state index in [1.807, 2.05) is 12.1 Å². The SMILES string of the molecule is CC1(C)CN(CCCCCC(=O)O)c2c1c1c(c3ccccc23)C=c2c(c3c(c4ccccc24)=[N+](CCCS(=O)(=O)[O-])CC3(C)C)O1. The second-order valence-corrected chi connectivity index (χ2v) is 16.2.